The van der Waals surface area contributed by atoms with E-state index in [4.69, 9.17) is 4.42 Å². The molecule has 0 aromatic carbocycles. The summed E-state index contributed by atoms with van der Waals surface area (Å²) in [5.74, 6) is 2.89. The number of aromatic nitrogens is 5. The average molecular weight is 354 g/mol. The third-order valence-corrected chi connectivity index (χ3v) is 5.77. The number of nitrogens with one attached hydrogen (secondary N) is 1. The monoisotopic (exact) mass is 354 g/mol. The van der Waals surface area contributed by atoms with Gasteiger partial charge in [0, 0.05) is 19.3 Å². The van der Waals surface area contributed by atoms with Crippen molar-refractivity contribution >= 4 is 0 Å². The van der Waals surface area contributed by atoms with Crippen LogP contribution in [0.25, 0.3) is 11.5 Å². The highest BCUT2D eigenvalue weighted by Crippen LogP contribution is 2.41. The fourth-order valence-corrected chi connectivity index (χ4v) is 4.53. The van der Waals surface area contributed by atoms with Gasteiger partial charge in [0.05, 0.1) is 18.7 Å². The minimum absolute atomic E-state index is 0.0364. The summed E-state index contributed by atoms with van der Waals surface area (Å²) in [6.45, 7) is 2.83. The Hall–Kier alpha value is -2.45. The maximum Gasteiger partial charge on any atom is 0.152 e. The van der Waals surface area contributed by atoms with E-state index in [-0.39, 0.29) is 12.1 Å². The van der Waals surface area contributed by atoms with Crippen molar-refractivity contribution in [3.63, 3.8) is 0 Å². The number of likely N-dealkylation sites (tertiary alicyclic amines) is 1. The number of aliphatic hydroxyl groups excluding tert-OH is 1. The summed E-state index contributed by atoms with van der Waals surface area (Å²) < 4.78 is 7.77. The van der Waals surface area contributed by atoms with Crippen LogP contribution in [0.15, 0.2) is 41.5 Å². The van der Waals surface area contributed by atoms with Gasteiger partial charge in [0.25, 0.3) is 0 Å². The SMILES string of the molecule is O[C@@H]1C[C@H]2CN(Cc3ccc(-c4ccn[nH]4)o3)C[C@H]2C[C@H]1n1cncn1. The summed E-state index contributed by atoms with van der Waals surface area (Å²) in [6, 6.07) is 5.95. The molecule has 0 bridgehead atoms. The minimum Gasteiger partial charge on any atom is -0.458 e. The van der Waals surface area contributed by atoms with Gasteiger partial charge in [-0.1, -0.05) is 0 Å². The first-order valence-electron chi connectivity index (χ1n) is 9.09. The summed E-state index contributed by atoms with van der Waals surface area (Å²) >= 11 is 0. The van der Waals surface area contributed by atoms with Crippen molar-refractivity contribution in [2.75, 3.05) is 13.1 Å². The molecule has 1 saturated carbocycles. The Morgan fingerprint density at radius 1 is 1.19 bits per heavy atom. The first-order valence-corrected chi connectivity index (χ1v) is 9.09. The predicted molar refractivity (Wildman–Crippen MR) is 92.8 cm³/mol. The first kappa shape index (κ1) is 15.8. The van der Waals surface area contributed by atoms with Crippen LogP contribution in [-0.4, -0.2) is 54.2 Å². The fraction of sp³-hybridized carbons (Fsp3) is 0.500. The molecular weight excluding hydrogens is 332 g/mol. The van der Waals surface area contributed by atoms with Crippen LogP contribution in [0.4, 0.5) is 0 Å². The Kier molecular flexibility index (Phi) is 3.86. The number of furan rings is 1. The quantitative estimate of drug-likeness (QED) is 0.740. The number of aliphatic hydroxyl groups is 1. The summed E-state index contributed by atoms with van der Waals surface area (Å²) in [4.78, 5) is 6.45. The van der Waals surface area contributed by atoms with Gasteiger partial charge in [-0.3, -0.25) is 10.00 Å². The summed E-state index contributed by atoms with van der Waals surface area (Å²) in [6.07, 6.45) is 6.38. The lowest BCUT2D eigenvalue weighted by Crippen LogP contribution is -2.36. The number of nitrogens with zero attached hydrogens (tertiary/aromatic N) is 5. The molecule has 5 rings (SSSR count). The number of hydrogen-bond acceptors (Lipinski definition) is 6. The highest BCUT2D eigenvalue weighted by molar-refractivity contribution is 5.51. The van der Waals surface area contributed by atoms with Crippen molar-refractivity contribution in [2.24, 2.45) is 11.8 Å². The molecule has 0 spiro atoms. The Labute approximate surface area is 150 Å². The van der Waals surface area contributed by atoms with Crippen molar-refractivity contribution < 1.29 is 9.52 Å². The summed E-state index contributed by atoms with van der Waals surface area (Å²) in [5, 5.41) is 21.7. The maximum absolute atomic E-state index is 10.5. The normalized spacial score (nSPS) is 29.1. The van der Waals surface area contributed by atoms with E-state index < -0.39 is 0 Å². The van der Waals surface area contributed by atoms with E-state index in [1.807, 2.05) is 22.9 Å². The van der Waals surface area contributed by atoms with Crippen LogP contribution in [-0.2, 0) is 6.54 Å². The standard InChI is InChI=1S/C18H22N6O2/c25-17-6-13-8-23(7-12(13)5-16(17)24-11-19-10-21-24)9-14-1-2-18(26-14)15-3-4-20-22-15/h1-4,10-13,16-17,25H,5-9H2,(H,20,22)/t12-,13+,16-,17-/m1/s1. The molecule has 0 radical (unpaired) electrons. The number of fused-ring (bicyclic) bond motifs is 1. The fourth-order valence-electron chi connectivity index (χ4n) is 4.53. The number of aromatic amines is 1. The molecule has 4 atom stereocenters. The predicted octanol–water partition coefficient (Wildman–Crippen LogP) is 1.71. The zero-order chi connectivity index (χ0) is 17.5. The van der Waals surface area contributed by atoms with E-state index >= 15 is 0 Å². The van der Waals surface area contributed by atoms with E-state index in [0.29, 0.717) is 11.8 Å². The van der Waals surface area contributed by atoms with E-state index in [0.717, 1.165) is 49.7 Å². The molecule has 0 amide bonds. The average Bonchev–Trinajstić information content (AvgIpc) is 3.41. The van der Waals surface area contributed by atoms with E-state index in [9.17, 15) is 5.11 Å². The van der Waals surface area contributed by atoms with Crippen molar-refractivity contribution in [1.82, 2.24) is 29.9 Å². The van der Waals surface area contributed by atoms with E-state index in [2.05, 4.69) is 25.2 Å². The van der Waals surface area contributed by atoms with Crippen LogP contribution < -0.4 is 0 Å². The Morgan fingerprint density at radius 2 is 2.08 bits per heavy atom. The molecule has 26 heavy (non-hydrogen) atoms. The van der Waals surface area contributed by atoms with Crippen molar-refractivity contribution in [3.8, 4) is 11.5 Å². The second-order valence-electron chi connectivity index (χ2n) is 7.43. The second-order valence-corrected chi connectivity index (χ2v) is 7.43. The van der Waals surface area contributed by atoms with Gasteiger partial charge in [0.1, 0.15) is 24.1 Å². The lowest BCUT2D eigenvalue weighted by molar-refractivity contribution is 0.0304. The molecule has 1 aliphatic heterocycles. The molecule has 2 N–H and O–H groups in total. The molecule has 3 aromatic rings. The second kappa shape index (κ2) is 6.37. The molecule has 8 heteroatoms. The Bertz CT molecular complexity index is 843. The van der Waals surface area contributed by atoms with Gasteiger partial charge in [-0.25, -0.2) is 9.67 Å². The minimum atomic E-state index is -0.353. The van der Waals surface area contributed by atoms with Crippen LogP contribution in [0.5, 0.6) is 0 Å². The molecule has 0 unspecified atom stereocenters. The Morgan fingerprint density at radius 3 is 2.85 bits per heavy atom. The molecule has 3 aromatic heterocycles. The molecule has 1 saturated heterocycles. The molecule has 1 aliphatic carbocycles. The van der Waals surface area contributed by atoms with Crippen molar-refractivity contribution in [1.29, 1.82) is 0 Å². The summed E-state index contributed by atoms with van der Waals surface area (Å²) in [7, 11) is 0. The highest BCUT2D eigenvalue weighted by atomic mass is 16.3. The third-order valence-electron chi connectivity index (χ3n) is 5.77. The van der Waals surface area contributed by atoms with E-state index in [1.54, 1.807) is 12.5 Å². The molecule has 2 aliphatic rings. The molecule has 2 fully saturated rings. The van der Waals surface area contributed by atoms with Crippen molar-refractivity contribution in [2.45, 2.75) is 31.5 Å². The lowest BCUT2D eigenvalue weighted by atomic mass is 9.77. The van der Waals surface area contributed by atoms with Crippen molar-refractivity contribution in [3.05, 3.63) is 42.8 Å². The lowest BCUT2D eigenvalue weighted by Gasteiger charge is -2.35. The number of H-pyrrole nitrogens is 1. The van der Waals surface area contributed by atoms with Crippen LogP contribution in [0.3, 0.4) is 0 Å². The van der Waals surface area contributed by atoms with Gasteiger partial charge in [0.2, 0.25) is 0 Å². The largest absolute Gasteiger partial charge is 0.458 e. The zero-order valence-corrected chi connectivity index (χ0v) is 14.4. The maximum atomic E-state index is 10.5. The molecule has 8 nitrogen and oxygen atoms in total. The first-order chi connectivity index (χ1) is 12.8. The van der Waals surface area contributed by atoms with Crippen LogP contribution in [0.1, 0.15) is 24.6 Å². The zero-order valence-electron chi connectivity index (χ0n) is 14.4. The Balaban J connectivity index is 1.25. The molecule has 136 valence electrons. The number of hydrogen-bond donors (Lipinski definition) is 2. The topological polar surface area (TPSA) is 96.0 Å². The van der Waals surface area contributed by atoms with Gasteiger partial charge in [-0.2, -0.15) is 10.2 Å². The summed E-state index contributed by atoms with van der Waals surface area (Å²) in [5.41, 5.74) is 0.894. The van der Waals surface area contributed by atoms with Gasteiger partial charge in [-0.15, -0.1) is 0 Å². The highest BCUT2D eigenvalue weighted by Gasteiger charge is 2.42. The van der Waals surface area contributed by atoms with Gasteiger partial charge in [0.15, 0.2) is 5.76 Å². The molecular formula is C18H22N6O2. The molecule has 4 heterocycles. The smallest absolute Gasteiger partial charge is 0.152 e. The van der Waals surface area contributed by atoms with Crippen LogP contribution in [0.2, 0.25) is 0 Å². The van der Waals surface area contributed by atoms with Gasteiger partial charge < -0.3 is 9.52 Å². The van der Waals surface area contributed by atoms with E-state index in [1.165, 1.54) is 6.33 Å². The third kappa shape index (κ3) is 2.85. The van der Waals surface area contributed by atoms with Gasteiger partial charge >= 0.3 is 0 Å². The van der Waals surface area contributed by atoms with Crippen LogP contribution in [0, 0.1) is 11.8 Å². The van der Waals surface area contributed by atoms with Crippen LogP contribution >= 0.6 is 0 Å². The number of rotatable bonds is 4. The van der Waals surface area contributed by atoms with Gasteiger partial charge in [-0.05, 0) is 42.9 Å².